The number of hydrogen-bond acceptors (Lipinski definition) is 8. The zero-order valence-corrected chi connectivity index (χ0v) is 15.6. The predicted molar refractivity (Wildman–Crippen MR) is 96.3 cm³/mol. The minimum Gasteiger partial charge on any atom is -0.462 e. The minimum atomic E-state index is -0.648. The average Bonchev–Trinajstić information content (AvgIpc) is 3.15. The molecule has 0 spiro atoms. The Morgan fingerprint density at radius 1 is 1.20 bits per heavy atom. The van der Waals surface area contributed by atoms with E-state index in [4.69, 9.17) is 15.2 Å². The lowest BCUT2D eigenvalue weighted by atomic mass is 10.1. The van der Waals surface area contributed by atoms with Crippen molar-refractivity contribution in [1.82, 2.24) is 5.32 Å². The first-order chi connectivity index (χ1) is 11.9. The van der Waals surface area contributed by atoms with E-state index in [1.54, 1.807) is 19.2 Å². The van der Waals surface area contributed by atoms with Gasteiger partial charge in [-0.1, -0.05) is 0 Å². The van der Waals surface area contributed by atoms with E-state index in [-0.39, 0.29) is 34.2 Å². The highest BCUT2D eigenvalue weighted by atomic mass is 32.1. The minimum absolute atomic E-state index is 0.0705. The number of nitrogen functional groups attached to an aromatic ring is 1. The molecule has 0 saturated carbocycles. The van der Waals surface area contributed by atoms with Crippen molar-refractivity contribution in [2.45, 2.75) is 20.5 Å². The van der Waals surface area contributed by atoms with Crippen molar-refractivity contribution in [3.8, 4) is 0 Å². The summed E-state index contributed by atoms with van der Waals surface area (Å²) in [5, 5.41) is 4.42. The summed E-state index contributed by atoms with van der Waals surface area (Å²) >= 11 is 2.22. The zero-order chi connectivity index (χ0) is 18.6. The quantitative estimate of drug-likeness (QED) is 0.744. The van der Waals surface area contributed by atoms with Gasteiger partial charge in [0.1, 0.15) is 26.9 Å². The molecule has 25 heavy (non-hydrogen) atoms. The van der Waals surface area contributed by atoms with E-state index in [0.717, 1.165) is 16.9 Å². The van der Waals surface area contributed by atoms with Crippen molar-refractivity contribution in [3.63, 3.8) is 0 Å². The number of rotatable bonds is 6. The zero-order valence-electron chi connectivity index (χ0n) is 14.0. The van der Waals surface area contributed by atoms with Crippen LogP contribution >= 0.6 is 22.7 Å². The summed E-state index contributed by atoms with van der Waals surface area (Å²) in [6, 6.07) is 1.81. The van der Waals surface area contributed by atoms with E-state index in [9.17, 15) is 14.4 Å². The number of anilines is 1. The smallest absolute Gasteiger partial charge is 0.348 e. The summed E-state index contributed by atoms with van der Waals surface area (Å²) in [7, 11) is 1.47. The van der Waals surface area contributed by atoms with E-state index in [1.165, 1.54) is 18.4 Å². The second kappa shape index (κ2) is 8.13. The van der Waals surface area contributed by atoms with Crippen LogP contribution in [0.1, 0.15) is 47.8 Å². The first kappa shape index (κ1) is 18.9. The molecule has 2 aromatic heterocycles. The Morgan fingerprint density at radius 2 is 1.92 bits per heavy atom. The van der Waals surface area contributed by atoms with Gasteiger partial charge in [-0.3, -0.25) is 4.79 Å². The van der Waals surface area contributed by atoms with Crippen molar-refractivity contribution in [3.05, 3.63) is 37.9 Å². The summed E-state index contributed by atoms with van der Waals surface area (Å²) in [6.45, 7) is 3.38. The molecule has 0 fully saturated rings. The Hall–Kier alpha value is -2.39. The third kappa shape index (κ3) is 3.99. The van der Waals surface area contributed by atoms with Gasteiger partial charge in [0.2, 0.25) is 0 Å². The van der Waals surface area contributed by atoms with Gasteiger partial charge in [0, 0.05) is 12.6 Å². The van der Waals surface area contributed by atoms with Crippen molar-refractivity contribution in [2.24, 2.45) is 0 Å². The maximum absolute atomic E-state index is 12.2. The van der Waals surface area contributed by atoms with Crippen molar-refractivity contribution < 1.29 is 23.9 Å². The van der Waals surface area contributed by atoms with E-state index >= 15 is 0 Å². The van der Waals surface area contributed by atoms with Crippen LogP contribution in [0.3, 0.4) is 0 Å². The molecule has 2 rings (SSSR count). The highest BCUT2D eigenvalue weighted by molar-refractivity contribution is 7.18. The number of esters is 2. The summed E-state index contributed by atoms with van der Waals surface area (Å²) in [4.78, 5) is 37.1. The molecule has 0 aromatic carbocycles. The first-order valence-electron chi connectivity index (χ1n) is 7.42. The lowest BCUT2D eigenvalue weighted by molar-refractivity contribution is 0.0453. The number of thiophene rings is 2. The van der Waals surface area contributed by atoms with Crippen LogP contribution in [0.15, 0.2) is 11.4 Å². The van der Waals surface area contributed by atoms with Gasteiger partial charge in [-0.15, -0.1) is 22.7 Å². The molecule has 0 saturated heterocycles. The van der Waals surface area contributed by atoms with Crippen LogP contribution in [0.2, 0.25) is 0 Å². The van der Waals surface area contributed by atoms with Gasteiger partial charge in [-0.05, 0) is 30.9 Å². The third-order valence-electron chi connectivity index (χ3n) is 3.34. The fourth-order valence-electron chi connectivity index (χ4n) is 2.13. The summed E-state index contributed by atoms with van der Waals surface area (Å²) < 4.78 is 10.3. The van der Waals surface area contributed by atoms with Gasteiger partial charge in [-0.25, -0.2) is 9.59 Å². The van der Waals surface area contributed by atoms with Crippen molar-refractivity contribution in [1.29, 1.82) is 0 Å². The number of hydrogen-bond donors (Lipinski definition) is 2. The van der Waals surface area contributed by atoms with Crippen LogP contribution in [0.4, 0.5) is 5.00 Å². The monoisotopic (exact) mass is 382 g/mol. The molecule has 0 aliphatic rings. The standard InChI is InChI=1S/C16H18N2O5S2/c1-4-22-15(20)10-9(12(14(19)18-3)25-13(10)17)7-23-16(21)11-8(2)5-6-24-11/h5-6H,4,7,17H2,1-3H3,(H,18,19). The summed E-state index contributed by atoms with van der Waals surface area (Å²) in [5.41, 5.74) is 7.02. The number of carbonyl (C=O) groups excluding carboxylic acids is 3. The lowest BCUT2D eigenvalue weighted by Crippen LogP contribution is -2.19. The van der Waals surface area contributed by atoms with Crippen LogP contribution in [0.25, 0.3) is 0 Å². The van der Waals surface area contributed by atoms with E-state index in [2.05, 4.69) is 5.32 Å². The van der Waals surface area contributed by atoms with E-state index in [1.807, 2.05) is 6.07 Å². The summed E-state index contributed by atoms with van der Waals surface area (Å²) in [6.07, 6.45) is 0. The molecule has 0 aliphatic heterocycles. The average molecular weight is 382 g/mol. The van der Waals surface area contributed by atoms with Gasteiger partial charge in [0.25, 0.3) is 5.91 Å². The molecule has 1 amide bonds. The Kier molecular flexibility index (Phi) is 6.16. The van der Waals surface area contributed by atoms with Gasteiger partial charge >= 0.3 is 11.9 Å². The molecule has 9 heteroatoms. The number of aryl methyl sites for hydroxylation is 1. The van der Waals surface area contributed by atoms with E-state index in [0.29, 0.717) is 4.88 Å². The first-order valence-corrected chi connectivity index (χ1v) is 9.11. The van der Waals surface area contributed by atoms with Crippen molar-refractivity contribution in [2.75, 3.05) is 19.4 Å². The number of carbonyl (C=O) groups is 3. The third-order valence-corrected chi connectivity index (χ3v) is 5.40. The number of nitrogens with two attached hydrogens (primary N) is 1. The SMILES string of the molecule is CCOC(=O)c1c(N)sc(C(=O)NC)c1COC(=O)c1sccc1C. The molecule has 2 aromatic rings. The fourth-order valence-corrected chi connectivity index (χ4v) is 3.96. The maximum atomic E-state index is 12.2. The topological polar surface area (TPSA) is 108 Å². The highest BCUT2D eigenvalue weighted by Crippen LogP contribution is 2.33. The molecule has 0 aliphatic carbocycles. The lowest BCUT2D eigenvalue weighted by Gasteiger charge is -2.08. The fraction of sp³-hybridized carbons (Fsp3) is 0.312. The maximum Gasteiger partial charge on any atom is 0.348 e. The molecule has 3 N–H and O–H groups in total. The van der Waals surface area contributed by atoms with Crippen LogP contribution in [-0.2, 0) is 16.1 Å². The Morgan fingerprint density at radius 3 is 2.48 bits per heavy atom. The van der Waals surface area contributed by atoms with Crippen molar-refractivity contribution >= 4 is 45.5 Å². The molecule has 7 nitrogen and oxygen atoms in total. The van der Waals surface area contributed by atoms with Crippen LogP contribution in [0.5, 0.6) is 0 Å². The van der Waals surface area contributed by atoms with Crippen LogP contribution < -0.4 is 11.1 Å². The molecule has 0 unspecified atom stereocenters. The summed E-state index contributed by atoms with van der Waals surface area (Å²) in [5.74, 6) is -1.58. The Balaban J connectivity index is 2.33. The molecular weight excluding hydrogens is 364 g/mol. The second-order valence-electron chi connectivity index (χ2n) is 4.96. The highest BCUT2D eigenvalue weighted by Gasteiger charge is 2.27. The van der Waals surface area contributed by atoms with Gasteiger partial charge < -0.3 is 20.5 Å². The van der Waals surface area contributed by atoms with Gasteiger partial charge in [0.15, 0.2) is 0 Å². The number of amides is 1. The molecular formula is C16H18N2O5S2. The number of nitrogens with one attached hydrogen (secondary N) is 1. The number of ether oxygens (including phenoxy) is 2. The molecule has 0 radical (unpaired) electrons. The van der Waals surface area contributed by atoms with Crippen LogP contribution in [0, 0.1) is 6.92 Å². The Bertz CT molecular complexity index is 810. The molecule has 2 heterocycles. The second-order valence-corrected chi connectivity index (χ2v) is 6.93. The molecule has 0 bridgehead atoms. The van der Waals surface area contributed by atoms with Gasteiger partial charge in [-0.2, -0.15) is 0 Å². The molecule has 0 atom stereocenters. The largest absolute Gasteiger partial charge is 0.462 e. The predicted octanol–water partition coefficient (Wildman–Crippen LogP) is 2.59. The Labute approximate surface area is 152 Å². The van der Waals surface area contributed by atoms with E-state index < -0.39 is 17.8 Å². The molecule has 134 valence electrons. The van der Waals surface area contributed by atoms with Gasteiger partial charge in [0.05, 0.1) is 6.61 Å². The normalized spacial score (nSPS) is 10.4. The van der Waals surface area contributed by atoms with Crippen LogP contribution in [-0.4, -0.2) is 31.5 Å².